The number of benzene rings is 1. The van der Waals surface area contributed by atoms with Crippen molar-refractivity contribution < 1.29 is 9.53 Å². The molecular formula is C17H18N2O2. The highest BCUT2D eigenvalue weighted by Gasteiger charge is 2.30. The van der Waals surface area contributed by atoms with Gasteiger partial charge in [-0.1, -0.05) is 12.1 Å². The van der Waals surface area contributed by atoms with Gasteiger partial charge < -0.3 is 9.64 Å². The molecule has 1 aliphatic rings. The van der Waals surface area contributed by atoms with Crippen molar-refractivity contribution >= 4 is 5.91 Å². The molecular weight excluding hydrogens is 264 g/mol. The number of carbonyl (C=O) groups is 1. The third-order valence-electron chi connectivity index (χ3n) is 3.90. The molecule has 108 valence electrons. The van der Waals surface area contributed by atoms with Crippen LogP contribution in [0.1, 0.15) is 34.8 Å². The molecule has 0 spiro atoms. The lowest BCUT2D eigenvalue weighted by molar-refractivity contribution is 0.0735. The average molecular weight is 282 g/mol. The van der Waals surface area contributed by atoms with Crippen LogP contribution in [0.25, 0.3) is 0 Å². The van der Waals surface area contributed by atoms with E-state index < -0.39 is 0 Å². The highest BCUT2D eigenvalue weighted by molar-refractivity contribution is 5.95. The number of rotatable bonds is 3. The van der Waals surface area contributed by atoms with Gasteiger partial charge in [-0.2, -0.15) is 0 Å². The number of likely N-dealkylation sites (tertiary alicyclic amines) is 1. The van der Waals surface area contributed by atoms with Crippen LogP contribution in [0, 0.1) is 0 Å². The summed E-state index contributed by atoms with van der Waals surface area (Å²) in [5.41, 5.74) is 1.77. The Hall–Kier alpha value is -2.36. The molecule has 4 nitrogen and oxygen atoms in total. The van der Waals surface area contributed by atoms with Gasteiger partial charge in [-0.05, 0) is 42.7 Å². The summed E-state index contributed by atoms with van der Waals surface area (Å²) in [6, 6.07) is 11.4. The molecule has 1 amide bonds. The largest absolute Gasteiger partial charge is 0.497 e. The fourth-order valence-corrected chi connectivity index (χ4v) is 2.85. The zero-order chi connectivity index (χ0) is 14.7. The van der Waals surface area contributed by atoms with Crippen LogP contribution in [0.5, 0.6) is 5.75 Å². The fourth-order valence-electron chi connectivity index (χ4n) is 2.85. The Labute approximate surface area is 124 Å². The maximum absolute atomic E-state index is 12.7. The van der Waals surface area contributed by atoms with E-state index in [4.69, 9.17) is 4.74 Å². The molecule has 0 radical (unpaired) electrons. The third kappa shape index (κ3) is 2.75. The number of pyridine rings is 1. The minimum atomic E-state index is 0.0558. The quantitative estimate of drug-likeness (QED) is 0.869. The van der Waals surface area contributed by atoms with E-state index >= 15 is 0 Å². The molecule has 0 N–H and O–H groups in total. The van der Waals surface area contributed by atoms with E-state index in [1.807, 2.05) is 41.4 Å². The topological polar surface area (TPSA) is 42.4 Å². The van der Waals surface area contributed by atoms with E-state index in [0.717, 1.165) is 24.9 Å². The highest BCUT2D eigenvalue weighted by atomic mass is 16.5. The van der Waals surface area contributed by atoms with E-state index in [1.54, 1.807) is 19.4 Å². The SMILES string of the molecule is COc1cccc(C(=O)N2CCCC2c2cccnc2)c1. The molecule has 2 heterocycles. The van der Waals surface area contributed by atoms with Crippen LogP contribution in [0.2, 0.25) is 0 Å². The van der Waals surface area contributed by atoms with Gasteiger partial charge in [0.2, 0.25) is 0 Å². The van der Waals surface area contributed by atoms with E-state index in [-0.39, 0.29) is 11.9 Å². The first-order chi connectivity index (χ1) is 10.3. The first-order valence-corrected chi connectivity index (χ1v) is 7.14. The van der Waals surface area contributed by atoms with Crippen molar-refractivity contribution in [3.05, 3.63) is 59.9 Å². The summed E-state index contributed by atoms with van der Waals surface area (Å²) < 4.78 is 5.20. The average Bonchev–Trinajstić information content (AvgIpc) is 3.04. The molecule has 1 saturated heterocycles. The van der Waals surface area contributed by atoms with E-state index in [1.165, 1.54) is 0 Å². The van der Waals surface area contributed by atoms with Crippen LogP contribution < -0.4 is 4.74 Å². The van der Waals surface area contributed by atoms with E-state index in [2.05, 4.69) is 4.98 Å². The summed E-state index contributed by atoms with van der Waals surface area (Å²) in [5.74, 6) is 0.762. The van der Waals surface area contributed by atoms with Crippen LogP contribution in [-0.4, -0.2) is 29.4 Å². The summed E-state index contributed by atoms with van der Waals surface area (Å²) in [6.07, 6.45) is 5.62. The van der Waals surface area contributed by atoms with Crippen molar-refractivity contribution in [2.24, 2.45) is 0 Å². The Morgan fingerprint density at radius 1 is 1.33 bits per heavy atom. The first-order valence-electron chi connectivity index (χ1n) is 7.14. The lowest BCUT2D eigenvalue weighted by Gasteiger charge is -2.25. The minimum absolute atomic E-state index is 0.0558. The van der Waals surface area contributed by atoms with E-state index in [0.29, 0.717) is 11.3 Å². The van der Waals surface area contributed by atoms with Gasteiger partial charge in [-0.25, -0.2) is 0 Å². The number of amides is 1. The van der Waals surface area contributed by atoms with Crippen LogP contribution >= 0.6 is 0 Å². The van der Waals surface area contributed by atoms with Gasteiger partial charge in [0.05, 0.1) is 13.2 Å². The van der Waals surface area contributed by atoms with Gasteiger partial charge in [0.25, 0.3) is 5.91 Å². The van der Waals surface area contributed by atoms with Gasteiger partial charge in [-0.15, -0.1) is 0 Å². The van der Waals surface area contributed by atoms with Gasteiger partial charge in [0.1, 0.15) is 5.75 Å². The van der Waals surface area contributed by atoms with E-state index in [9.17, 15) is 4.79 Å². The lowest BCUT2D eigenvalue weighted by Crippen LogP contribution is -2.30. The predicted molar refractivity (Wildman–Crippen MR) is 80.2 cm³/mol. The molecule has 1 aromatic heterocycles. The molecule has 0 aliphatic carbocycles. The van der Waals surface area contributed by atoms with Crippen molar-refractivity contribution in [2.75, 3.05) is 13.7 Å². The Balaban J connectivity index is 1.86. The van der Waals surface area contributed by atoms with Gasteiger partial charge >= 0.3 is 0 Å². The van der Waals surface area contributed by atoms with Crippen molar-refractivity contribution in [3.63, 3.8) is 0 Å². The Kier molecular flexibility index (Phi) is 3.86. The second-order valence-corrected chi connectivity index (χ2v) is 5.17. The molecule has 0 bridgehead atoms. The maximum Gasteiger partial charge on any atom is 0.254 e. The summed E-state index contributed by atoms with van der Waals surface area (Å²) in [7, 11) is 1.61. The first kappa shape index (κ1) is 13.6. The molecule has 1 aromatic carbocycles. The second kappa shape index (κ2) is 5.95. The number of nitrogens with zero attached hydrogens (tertiary/aromatic N) is 2. The molecule has 1 unspecified atom stereocenters. The van der Waals surface area contributed by atoms with Crippen molar-refractivity contribution in [3.8, 4) is 5.75 Å². The summed E-state index contributed by atoms with van der Waals surface area (Å²) >= 11 is 0. The molecule has 0 saturated carbocycles. The van der Waals surface area contributed by atoms with Crippen molar-refractivity contribution in [1.29, 1.82) is 0 Å². The second-order valence-electron chi connectivity index (χ2n) is 5.17. The Morgan fingerprint density at radius 3 is 3.00 bits per heavy atom. The monoisotopic (exact) mass is 282 g/mol. The smallest absolute Gasteiger partial charge is 0.254 e. The Bertz CT molecular complexity index is 628. The number of hydrogen-bond acceptors (Lipinski definition) is 3. The molecule has 4 heteroatoms. The minimum Gasteiger partial charge on any atom is -0.497 e. The van der Waals surface area contributed by atoms with Gasteiger partial charge in [-0.3, -0.25) is 9.78 Å². The summed E-state index contributed by atoms with van der Waals surface area (Å²) in [5, 5.41) is 0. The maximum atomic E-state index is 12.7. The molecule has 1 aliphatic heterocycles. The molecule has 21 heavy (non-hydrogen) atoms. The predicted octanol–water partition coefficient (Wildman–Crippen LogP) is 3.07. The highest BCUT2D eigenvalue weighted by Crippen LogP contribution is 2.32. The number of carbonyl (C=O) groups excluding carboxylic acids is 1. The normalized spacial score (nSPS) is 17.8. The molecule has 3 rings (SSSR count). The summed E-state index contributed by atoms with van der Waals surface area (Å²) in [4.78, 5) is 18.9. The van der Waals surface area contributed by atoms with Crippen LogP contribution in [0.3, 0.4) is 0 Å². The van der Waals surface area contributed by atoms with Crippen molar-refractivity contribution in [1.82, 2.24) is 9.88 Å². The molecule has 1 atom stereocenters. The third-order valence-corrected chi connectivity index (χ3v) is 3.90. The van der Waals surface area contributed by atoms with Crippen LogP contribution in [-0.2, 0) is 0 Å². The standard InChI is InChI=1S/C17H18N2O2/c1-21-15-7-2-5-13(11-15)17(20)19-10-4-8-16(19)14-6-3-9-18-12-14/h2-3,5-7,9,11-12,16H,4,8,10H2,1H3. The lowest BCUT2D eigenvalue weighted by atomic mass is 10.1. The Morgan fingerprint density at radius 2 is 2.24 bits per heavy atom. The van der Waals surface area contributed by atoms with Gasteiger partial charge in [0, 0.05) is 24.5 Å². The summed E-state index contributed by atoms with van der Waals surface area (Å²) in [6.45, 7) is 0.787. The number of ether oxygens (including phenoxy) is 1. The molecule has 2 aromatic rings. The number of aromatic nitrogens is 1. The fraction of sp³-hybridized carbons (Fsp3) is 0.294. The zero-order valence-electron chi connectivity index (χ0n) is 12.0. The van der Waals surface area contributed by atoms with Crippen LogP contribution in [0.4, 0.5) is 0 Å². The molecule has 1 fully saturated rings. The number of methoxy groups -OCH3 is 1. The number of hydrogen-bond donors (Lipinski definition) is 0. The van der Waals surface area contributed by atoms with Gasteiger partial charge in [0.15, 0.2) is 0 Å². The van der Waals surface area contributed by atoms with Crippen molar-refractivity contribution in [2.45, 2.75) is 18.9 Å². The van der Waals surface area contributed by atoms with Crippen LogP contribution in [0.15, 0.2) is 48.8 Å². The zero-order valence-corrected chi connectivity index (χ0v) is 12.0.